The first-order valence-electron chi connectivity index (χ1n) is 12.6. The third-order valence-corrected chi connectivity index (χ3v) is 7.44. The number of quaternary nitrogens is 1. The molecule has 0 spiro atoms. The zero-order valence-corrected chi connectivity index (χ0v) is 20.7. The highest BCUT2D eigenvalue weighted by Gasteiger charge is 2.46. The first kappa shape index (κ1) is 23.3. The van der Waals surface area contributed by atoms with Crippen LogP contribution in [0.4, 0.5) is 0 Å². The molecule has 8 nitrogen and oxygen atoms in total. The molecule has 8 heteroatoms. The fourth-order valence-electron chi connectivity index (χ4n) is 5.44. The molecule has 1 unspecified atom stereocenters. The number of hydrogen-bond donors (Lipinski definition) is 2. The summed E-state index contributed by atoms with van der Waals surface area (Å²) >= 11 is 0. The fraction of sp³-hybridized carbons (Fsp3) is 0.241. The number of amidine groups is 1. The summed E-state index contributed by atoms with van der Waals surface area (Å²) in [5.41, 5.74) is 3.55. The van der Waals surface area contributed by atoms with Crippen LogP contribution in [-0.2, 0) is 4.79 Å². The van der Waals surface area contributed by atoms with Crippen LogP contribution in [0.1, 0.15) is 31.2 Å². The van der Waals surface area contributed by atoms with Gasteiger partial charge in [0.1, 0.15) is 17.6 Å². The molecule has 1 fully saturated rings. The molecule has 37 heavy (non-hydrogen) atoms. The molecule has 1 atom stereocenters. The lowest BCUT2D eigenvalue weighted by molar-refractivity contribution is -0.750. The van der Waals surface area contributed by atoms with Crippen LogP contribution >= 0.6 is 0 Å². The van der Waals surface area contributed by atoms with Crippen molar-refractivity contribution < 1.29 is 14.1 Å². The second kappa shape index (κ2) is 9.38. The van der Waals surface area contributed by atoms with Gasteiger partial charge in [0.25, 0.3) is 5.84 Å². The van der Waals surface area contributed by atoms with Crippen molar-refractivity contribution in [2.24, 2.45) is 27.7 Å². The van der Waals surface area contributed by atoms with Crippen molar-refractivity contribution in [1.82, 2.24) is 10.3 Å². The summed E-state index contributed by atoms with van der Waals surface area (Å²) in [6.45, 7) is 0. The first-order valence-corrected chi connectivity index (χ1v) is 12.6. The number of carbonyl (C=O) groups is 1. The van der Waals surface area contributed by atoms with Crippen molar-refractivity contribution in [3.8, 4) is 11.6 Å². The number of amides is 1. The van der Waals surface area contributed by atoms with E-state index in [1.54, 1.807) is 13.2 Å². The normalized spacial score (nSPS) is 24.6. The van der Waals surface area contributed by atoms with Gasteiger partial charge in [0.15, 0.2) is 0 Å². The zero-order chi connectivity index (χ0) is 25.4. The van der Waals surface area contributed by atoms with Crippen LogP contribution in [0.15, 0.2) is 94.4 Å². The number of allylic oxidation sites excluding steroid dienone is 2. The van der Waals surface area contributed by atoms with Crippen molar-refractivity contribution in [2.75, 3.05) is 7.05 Å². The number of benzene rings is 2. The maximum absolute atomic E-state index is 12.1. The third-order valence-electron chi connectivity index (χ3n) is 7.44. The third kappa shape index (κ3) is 4.24. The van der Waals surface area contributed by atoms with E-state index in [0.717, 1.165) is 65.1 Å². The van der Waals surface area contributed by atoms with Gasteiger partial charge >= 0.3 is 0 Å². The van der Waals surface area contributed by atoms with Crippen LogP contribution in [0.2, 0.25) is 0 Å². The Morgan fingerprint density at radius 3 is 2.62 bits per heavy atom. The quantitative estimate of drug-likeness (QED) is 0.394. The van der Waals surface area contributed by atoms with Gasteiger partial charge in [-0.3, -0.25) is 9.79 Å². The summed E-state index contributed by atoms with van der Waals surface area (Å²) in [5.74, 6) is 9.39. The Balaban J connectivity index is 1.33. The number of nitrogens with two attached hydrogens (primary N) is 1. The second-order valence-electron chi connectivity index (χ2n) is 9.69. The SMILES string of the molecule is CNC(=O)C1CCC(C2=C3C=NC=C[N+]3(N)C(c3ccc4ccc(Oc5ccccc5)nc4c3)=N2)CC1. The van der Waals surface area contributed by atoms with Crippen molar-refractivity contribution >= 4 is 28.9 Å². The minimum atomic E-state index is -0.0279. The van der Waals surface area contributed by atoms with E-state index < -0.39 is 0 Å². The minimum absolute atomic E-state index is 0.0279. The molecule has 1 amide bonds. The lowest BCUT2D eigenvalue weighted by atomic mass is 9.79. The summed E-state index contributed by atoms with van der Waals surface area (Å²) in [6.07, 6.45) is 8.87. The molecule has 1 saturated carbocycles. The smallest absolute Gasteiger partial charge is 0.264 e. The maximum atomic E-state index is 12.1. The number of aromatic nitrogens is 1. The van der Waals surface area contributed by atoms with E-state index in [1.165, 1.54) is 0 Å². The van der Waals surface area contributed by atoms with Gasteiger partial charge in [-0.2, -0.15) is 10.8 Å². The Bertz CT molecular complexity index is 1480. The topological polar surface area (TPSA) is 102 Å². The van der Waals surface area contributed by atoms with E-state index in [-0.39, 0.29) is 22.3 Å². The largest absolute Gasteiger partial charge is 0.439 e. The Morgan fingerprint density at radius 1 is 1.05 bits per heavy atom. The summed E-state index contributed by atoms with van der Waals surface area (Å²) in [7, 11) is 1.70. The Kier molecular flexibility index (Phi) is 5.90. The molecule has 0 radical (unpaired) electrons. The van der Waals surface area contributed by atoms with Crippen LogP contribution in [0.3, 0.4) is 0 Å². The number of para-hydroxylation sites is 1. The van der Waals surface area contributed by atoms with Gasteiger partial charge in [-0.05, 0) is 56.0 Å². The highest BCUT2D eigenvalue weighted by Crippen LogP contribution is 2.41. The van der Waals surface area contributed by atoms with Crippen molar-refractivity contribution in [3.05, 3.63) is 90.0 Å². The van der Waals surface area contributed by atoms with Crippen LogP contribution < -0.4 is 15.9 Å². The maximum Gasteiger partial charge on any atom is 0.264 e. The molecule has 1 aliphatic carbocycles. The van der Waals surface area contributed by atoms with Crippen molar-refractivity contribution in [2.45, 2.75) is 25.7 Å². The first-order chi connectivity index (χ1) is 18.0. The second-order valence-corrected chi connectivity index (χ2v) is 9.69. The number of rotatable bonds is 5. The number of ether oxygens (including phenoxy) is 1. The molecule has 0 bridgehead atoms. The number of fused-ring (bicyclic) bond motifs is 2. The van der Waals surface area contributed by atoms with E-state index in [1.807, 2.05) is 73.1 Å². The van der Waals surface area contributed by atoms with E-state index in [4.69, 9.17) is 20.6 Å². The van der Waals surface area contributed by atoms with Crippen molar-refractivity contribution in [3.63, 3.8) is 0 Å². The van der Waals surface area contributed by atoms with Crippen LogP contribution in [0.5, 0.6) is 11.6 Å². The molecule has 186 valence electrons. The molecular formula is C29H29N6O2+. The van der Waals surface area contributed by atoms with E-state index in [9.17, 15) is 4.79 Å². The van der Waals surface area contributed by atoms with Crippen LogP contribution in [-0.4, -0.2) is 34.6 Å². The van der Waals surface area contributed by atoms with Gasteiger partial charge in [0, 0.05) is 30.3 Å². The number of nitrogens with one attached hydrogen (secondary N) is 1. The highest BCUT2D eigenvalue weighted by molar-refractivity contribution is 6.02. The van der Waals surface area contributed by atoms with E-state index in [2.05, 4.69) is 10.3 Å². The molecule has 2 aliphatic heterocycles. The molecule has 3 aliphatic rings. The minimum Gasteiger partial charge on any atom is -0.439 e. The Labute approximate surface area is 215 Å². The summed E-state index contributed by atoms with van der Waals surface area (Å²) in [5, 5.41) is 3.79. The van der Waals surface area contributed by atoms with E-state index >= 15 is 0 Å². The van der Waals surface area contributed by atoms with E-state index in [0.29, 0.717) is 5.88 Å². The van der Waals surface area contributed by atoms with Crippen LogP contribution in [0.25, 0.3) is 10.9 Å². The van der Waals surface area contributed by atoms with Gasteiger partial charge in [-0.15, -0.1) is 4.59 Å². The standard InChI is InChI=1S/C29H28N6O2/c1-31-29(36)21-10-8-20(9-11-21)27-25-18-32-15-16-35(25,30)28(34-27)22-12-7-19-13-14-26(33-24(19)17-22)37-23-5-3-2-4-6-23/h2-7,12-18,20-21H,8-11,30H2,1H3/p+1. The predicted molar refractivity (Wildman–Crippen MR) is 143 cm³/mol. The average Bonchev–Trinajstić information content (AvgIpc) is 3.26. The number of carbonyl (C=O) groups excluding carboxylic acids is 1. The lowest BCUT2D eigenvalue weighted by Gasteiger charge is -2.28. The average molecular weight is 494 g/mol. The monoisotopic (exact) mass is 493 g/mol. The molecule has 3 heterocycles. The van der Waals surface area contributed by atoms with Gasteiger partial charge in [-0.1, -0.05) is 24.3 Å². The highest BCUT2D eigenvalue weighted by atomic mass is 16.5. The molecule has 6 rings (SSSR count). The molecule has 3 N–H and O–H groups in total. The summed E-state index contributed by atoms with van der Waals surface area (Å²) in [6, 6.07) is 19.6. The van der Waals surface area contributed by atoms with Gasteiger partial charge < -0.3 is 10.1 Å². The Hall–Kier alpha value is -4.14. The summed E-state index contributed by atoms with van der Waals surface area (Å²) < 4.78 is 5.92. The van der Waals surface area contributed by atoms with Crippen LogP contribution in [0, 0.1) is 11.8 Å². The molecule has 0 saturated heterocycles. The summed E-state index contributed by atoms with van der Waals surface area (Å²) in [4.78, 5) is 26.4. The van der Waals surface area contributed by atoms with Gasteiger partial charge in [0.2, 0.25) is 17.5 Å². The lowest BCUT2D eigenvalue weighted by Crippen LogP contribution is -2.53. The number of aliphatic imine (C=N–C) groups is 2. The molecule has 2 aromatic carbocycles. The number of hydrogen-bond acceptors (Lipinski definition) is 6. The molecule has 3 aromatic rings. The predicted octanol–water partition coefficient (Wildman–Crippen LogP) is 4.80. The van der Waals surface area contributed by atoms with Crippen molar-refractivity contribution in [1.29, 1.82) is 0 Å². The number of nitrogens with zero attached hydrogens (tertiary/aromatic N) is 4. The van der Waals surface area contributed by atoms with Gasteiger partial charge in [0.05, 0.1) is 23.5 Å². The fourth-order valence-corrected chi connectivity index (χ4v) is 5.44. The van der Waals surface area contributed by atoms with Gasteiger partial charge in [-0.25, -0.2) is 4.98 Å². The Morgan fingerprint density at radius 2 is 1.84 bits per heavy atom. The zero-order valence-electron chi connectivity index (χ0n) is 20.7. The number of pyridine rings is 1. The molecular weight excluding hydrogens is 464 g/mol. The molecule has 1 aromatic heterocycles.